The quantitative estimate of drug-likeness (QED) is 0.878. The molecule has 0 spiro atoms. The Morgan fingerprint density at radius 2 is 2.05 bits per heavy atom. The molecular formula is C16H21N3O. The van der Waals surface area contributed by atoms with Crippen LogP contribution in [0.1, 0.15) is 31.7 Å². The first-order chi connectivity index (χ1) is 9.72. The number of hydrogen-bond donors (Lipinski definition) is 1. The first-order valence-electron chi connectivity index (χ1n) is 7.06. The monoisotopic (exact) mass is 271 g/mol. The van der Waals surface area contributed by atoms with Crippen LogP contribution in [-0.4, -0.2) is 16.1 Å². The molecular weight excluding hydrogens is 250 g/mol. The van der Waals surface area contributed by atoms with Crippen molar-refractivity contribution in [1.82, 2.24) is 9.55 Å². The molecule has 1 atom stereocenters. The summed E-state index contributed by atoms with van der Waals surface area (Å²) in [6.07, 6.45) is 4.33. The van der Waals surface area contributed by atoms with Gasteiger partial charge in [-0.05, 0) is 24.8 Å². The van der Waals surface area contributed by atoms with Gasteiger partial charge in [0.15, 0.2) is 5.82 Å². The van der Waals surface area contributed by atoms with Crippen molar-refractivity contribution >= 4 is 5.82 Å². The maximum absolute atomic E-state index is 12.0. The van der Waals surface area contributed by atoms with E-state index in [1.54, 1.807) is 17.0 Å². The average Bonchev–Trinajstić information content (AvgIpc) is 2.49. The highest BCUT2D eigenvalue weighted by Crippen LogP contribution is 2.17. The lowest BCUT2D eigenvalue weighted by Gasteiger charge is -2.12. The number of benzene rings is 1. The molecule has 0 aliphatic heterocycles. The number of nitrogens with zero attached hydrogens (tertiary/aromatic N) is 2. The maximum atomic E-state index is 12.0. The summed E-state index contributed by atoms with van der Waals surface area (Å²) in [5.41, 5.74) is 1.27. The van der Waals surface area contributed by atoms with Gasteiger partial charge in [-0.3, -0.25) is 4.79 Å². The van der Waals surface area contributed by atoms with Crippen LogP contribution in [0.5, 0.6) is 0 Å². The van der Waals surface area contributed by atoms with E-state index in [-0.39, 0.29) is 5.56 Å². The average molecular weight is 271 g/mol. The van der Waals surface area contributed by atoms with Crippen LogP contribution in [0.2, 0.25) is 0 Å². The fourth-order valence-corrected chi connectivity index (χ4v) is 2.17. The second-order valence-corrected chi connectivity index (χ2v) is 4.89. The van der Waals surface area contributed by atoms with E-state index >= 15 is 0 Å². The highest BCUT2D eigenvalue weighted by molar-refractivity contribution is 5.30. The SMILES string of the molecule is CCn1ccnc(NCCC(C)c2ccccc2)c1=O. The second-order valence-electron chi connectivity index (χ2n) is 4.89. The lowest BCUT2D eigenvalue weighted by atomic mass is 9.98. The molecule has 4 heteroatoms. The van der Waals surface area contributed by atoms with Gasteiger partial charge in [0.05, 0.1) is 0 Å². The minimum absolute atomic E-state index is 0.0534. The Labute approximate surface area is 119 Å². The molecule has 0 fully saturated rings. The van der Waals surface area contributed by atoms with Gasteiger partial charge in [-0.15, -0.1) is 0 Å². The van der Waals surface area contributed by atoms with E-state index in [9.17, 15) is 4.79 Å². The van der Waals surface area contributed by atoms with Crippen LogP contribution < -0.4 is 10.9 Å². The summed E-state index contributed by atoms with van der Waals surface area (Å²) in [6.45, 7) is 5.55. The second kappa shape index (κ2) is 6.89. The molecule has 1 heterocycles. The van der Waals surface area contributed by atoms with E-state index in [1.165, 1.54) is 5.56 Å². The third-order valence-electron chi connectivity index (χ3n) is 3.49. The van der Waals surface area contributed by atoms with E-state index in [4.69, 9.17) is 0 Å². The molecule has 1 aromatic heterocycles. The number of rotatable bonds is 6. The maximum Gasteiger partial charge on any atom is 0.293 e. The number of hydrogen-bond acceptors (Lipinski definition) is 3. The molecule has 1 N–H and O–H groups in total. The first-order valence-corrected chi connectivity index (χ1v) is 7.06. The molecule has 0 saturated heterocycles. The molecule has 0 bridgehead atoms. The molecule has 0 saturated carbocycles. The zero-order valence-electron chi connectivity index (χ0n) is 12.0. The summed E-state index contributed by atoms with van der Waals surface area (Å²) in [4.78, 5) is 16.1. The molecule has 0 radical (unpaired) electrons. The summed E-state index contributed by atoms with van der Waals surface area (Å²) >= 11 is 0. The molecule has 20 heavy (non-hydrogen) atoms. The molecule has 1 unspecified atom stereocenters. The van der Waals surface area contributed by atoms with Crippen molar-refractivity contribution in [1.29, 1.82) is 0 Å². The van der Waals surface area contributed by atoms with Gasteiger partial charge < -0.3 is 9.88 Å². The van der Waals surface area contributed by atoms with Gasteiger partial charge >= 0.3 is 0 Å². The van der Waals surface area contributed by atoms with E-state index in [1.807, 2.05) is 13.0 Å². The number of aromatic nitrogens is 2. The zero-order valence-corrected chi connectivity index (χ0v) is 12.0. The van der Waals surface area contributed by atoms with Gasteiger partial charge in [0.1, 0.15) is 0 Å². The number of nitrogens with one attached hydrogen (secondary N) is 1. The van der Waals surface area contributed by atoms with Crippen LogP contribution in [0.4, 0.5) is 5.82 Å². The molecule has 0 amide bonds. The van der Waals surface area contributed by atoms with E-state index in [0.29, 0.717) is 18.3 Å². The van der Waals surface area contributed by atoms with Crippen molar-refractivity contribution < 1.29 is 0 Å². The Bertz CT molecular complexity index is 592. The van der Waals surface area contributed by atoms with Gasteiger partial charge in [-0.25, -0.2) is 4.98 Å². The van der Waals surface area contributed by atoms with Crippen molar-refractivity contribution in [3.8, 4) is 0 Å². The Hall–Kier alpha value is -2.10. The van der Waals surface area contributed by atoms with Gasteiger partial charge in [0.25, 0.3) is 5.56 Å². The van der Waals surface area contributed by atoms with Crippen LogP contribution in [0.15, 0.2) is 47.5 Å². The fraction of sp³-hybridized carbons (Fsp3) is 0.375. The van der Waals surface area contributed by atoms with Crippen molar-refractivity contribution in [2.24, 2.45) is 0 Å². The van der Waals surface area contributed by atoms with Crippen LogP contribution in [0.25, 0.3) is 0 Å². The van der Waals surface area contributed by atoms with Crippen LogP contribution in [0.3, 0.4) is 0 Å². The Balaban J connectivity index is 1.92. The fourth-order valence-electron chi connectivity index (χ4n) is 2.17. The third-order valence-corrected chi connectivity index (χ3v) is 3.49. The smallest absolute Gasteiger partial charge is 0.293 e. The van der Waals surface area contributed by atoms with Gasteiger partial charge in [0, 0.05) is 25.5 Å². The zero-order chi connectivity index (χ0) is 14.4. The van der Waals surface area contributed by atoms with E-state index in [2.05, 4.69) is 41.5 Å². The predicted octanol–water partition coefficient (Wildman–Crippen LogP) is 2.87. The summed E-state index contributed by atoms with van der Waals surface area (Å²) < 4.78 is 1.65. The van der Waals surface area contributed by atoms with Crippen LogP contribution in [-0.2, 0) is 6.54 Å². The molecule has 0 aliphatic carbocycles. The normalized spacial score (nSPS) is 12.1. The van der Waals surface area contributed by atoms with E-state index < -0.39 is 0 Å². The minimum Gasteiger partial charge on any atom is -0.365 e. The van der Waals surface area contributed by atoms with Crippen LogP contribution in [0, 0.1) is 0 Å². The number of anilines is 1. The molecule has 2 rings (SSSR count). The van der Waals surface area contributed by atoms with Gasteiger partial charge in [0.2, 0.25) is 0 Å². The van der Waals surface area contributed by atoms with E-state index in [0.717, 1.165) is 13.0 Å². The highest BCUT2D eigenvalue weighted by atomic mass is 16.1. The van der Waals surface area contributed by atoms with Crippen LogP contribution >= 0.6 is 0 Å². The van der Waals surface area contributed by atoms with Crippen molar-refractivity contribution in [2.75, 3.05) is 11.9 Å². The summed E-state index contributed by atoms with van der Waals surface area (Å²) in [6, 6.07) is 10.4. The van der Waals surface area contributed by atoms with Gasteiger partial charge in [-0.2, -0.15) is 0 Å². The lowest BCUT2D eigenvalue weighted by molar-refractivity contribution is 0.694. The van der Waals surface area contributed by atoms with Crippen molar-refractivity contribution in [2.45, 2.75) is 32.7 Å². The molecule has 4 nitrogen and oxygen atoms in total. The predicted molar refractivity (Wildman–Crippen MR) is 82.1 cm³/mol. The van der Waals surface area contributed by atoms with Crippen molar-refractivity contribution in [3.05, 3.63) is 58.6 Å². The Morgan fingerprint density at radius 3 is 2.75 bits per heavy atom. The third kappa shape index (κ3) is 3.47. The topological polar surface area (TPSA) is 46.9 Å². The molecule has 106 valence electrons. The summed E-state index contributed by atoms with van der Waals surface area (Å²) in [5.74, 6) is 0.899. The Kier molecular flexibility index (Phi) is 4.93. The largest absolute Gasteiger partial charge is 0.365 e. The summed E-state index contributed by atoms with van der Waals surface area (Å²) in [7, 11) is 0. The standard InChI is InChI=1S/C16H21N3O/c1-3-19-12-11-18-15(16(19)20)17-10-9-13(2)14-7-5-4-6-8-14/h4-8,11-13H,3,9-10H2,1-2H3,(H,17,18). The number of aryl methyl sites for hydroxylation is 1. The minimum atomic E-state index is -0.0534. The summed E-state index contributed by atoms with van der Waals surface area (Å²) in [5, 5.41) is 3.14. The van der Waals surface area contributed by atoms with Gasteiger partial charge in [-0.1, -0.05) is 37.3 Å². The van der Waals surface area contributed by atoms with Crippen molar-refractivity contribution in [3.63, 3.8) is 0 Å². The molecule has 0 aliphatic rings. The first kappa shape index (κ1) is 14.3. The molecule has 1 aromatic carbocycles. The lowest BCUT2D eigenvalue weighted by Crippen LogP contribution is -2.24. The Morgan fingerprint density at radius 1 is 1.30 bits per heavy atom. The molecule has 2 aromatic rings. The highest BCUT2D eigenvalue weighted by Gasteiger charge is 2.06.